The number of sulfonamides is 1. The molecule has 0 spiro atoms. The Hall–Kier alpha value is -2.48. The summed E-state index contributed by atoms with van der Waals surface area (Å²) in [5.74, 6) is -0.00613. The molecule has 3 aromatic rings. The second-order valence-electron chi connectivity index (χ2n) is 5.17. The van der Waals surface area contributed by atoms with Gasteiger partial charge in [-0.3, -0.25) is 8.87 Å². The third-order valence-corrected chi connectivity index (χ3v) is 5.73. The molecule has 1 aromatic heterocycles. The Morgan fingerprint density at radius 3 is 2.61 bits per heavy atom. The standard InChI is InChI=1S/C15H11F2N3O2S/c16-15(17)19-8-7-18-13(19)9-20-11-5-1-3-10-4-2-6-12(14(10)11)23(20,21)22/h1-8,15H,9H2. The SMILES string of the molecule is O=S1(=O)c2cccc3cccc(c23)N1Cc1nccn1C(F)F. The molecule has 0 saturated carbocycles. The fraction of sp³-hybridized carbons (Fsp3) is 0.133. The van der Waals surface area contributed by atoms with Crippen molar-refractivity contribution >= 4 is 26.5 Å². The molecule has 0 N–H and O–H groups in total. The minimum Gasteiger partial charge on any atom is -0.276 e. The predicted molar refractivity (Wildman–Crippen MR) is 80.8 cm³/mol. The first kappa shape index (κ1) is 14.1. The van der Waals surface area contributed by atoms with Crippen LogP contribution in [0.1, 0.15) is 12.4 Å². The van der Waals surface area contributed by atoms with E-state index in [2.05, 4.69) is 4.98 Å². The van der Waals surface area contributed by atoms with Gasteiger partial charge in [0.15, 0.2) is 0 Å². The van der Waals surface area contributed by atoms with Crippen molar-refractivity contribution in [2.24, 2.45) is 0 Å². The number of rotatable bonds is 3. The summed E-state index contributed by atoms with van der Waals surface area (Å²) in [6, 6.07) is 10.3. The Morgan fingerprint density at radius 2 is 1.87 bits per heavy atom. The molecule has 4 rings (SSSR count). The Balaban J connectivity index is 1.88. The van der Waals surface area contributed by atoms with E-state index >= 15 is 0 Å². The van der Waals surface area contributed by atoms with Crippen LogP contribution < -0.4 is 4.31 Å². The van der Waals surface area contributed by atoms with Crippen molar-refractivity contribution in [1.29, 1.82) is 0 Å². The van der Waals surface area contributed by atoms with E-state index in [4.69, 9.17) is 0 Å². The van der Waals surface area contributed by atoms with E-state index in [1.165, 1.54) is 12.3 Å². The van der Waals surface area contributed by atoms with Gasteiger partial charge in [0.05, 0.1) is 17.1 Å². The predicted octanol–water partition coefficient (Wildman–Crippen LogP) is 3.14. The van der Waals surface area contributed by atoms with Crippen LogP contribution in [0.3, 0.4) is 0 Å². The summed E-state index contributed by atoms with van der Waals surface area (Å²) < 4.78 is 53.3. The van der Waals surface area contributed by atoms with Crippen LogP contribution in [-0.2, 0) is 16.6 Å². The minimum atomic E-state index is -3.78. The van der Waals surface area contributed by atoms with Crippen molar-refractivity contribution in [1.82, 2.24) is 9.55 Å². The lowest BCUT2D eigenvalue weighted by molar-refractivity contribution is 0.0671. The molecule has 0 amide bonds. The van der Waals surface area contributed by atoms with Crippen LogP contribution in [-0.4, -0.2) is 18.0 Å². The fourth-order valence-electron chi connectivity index (χ4n) is 2.90. The number of imidazole rings is 1. The highest BCUT2D eigenvalue weighted by Gasteiger charge is 2.36. The number of anilines is 1. The zero-order valence-electron chi connectivity index (χ0n) is 11.7. The molecule has 118 valence electrons. The summed E-state index contributed by atoms with van der Waals surface area (Å²) in [6.45, 7) is -3.01. The lowest BCUT2D eigenvalue weighted by Gasteiger charge is -2.19. The molecule has 0 unspecified atom stereocenters. The number of nitrogens with zero attached hydrogens (tertiary/aromatic N) is 3. The van der Waals surface area contributed by atoms with E-state index < -0.39 is 16.6 Å². The molecule has 2 aromatic carbocycles. The molecule has 0 radical (unpaired) electrons. The van der Waals surface area contributed by atoms with Gasteiger partial charge in [0.1, 0.15) is 5.82 Å². The van der Waals surface area contributed by atoms with Crippen molar-refractivity contribution in [2.45, 2.75) is 18.0 Å². The number of benzene rings is 2. The van der Waals surface area contributed by atoms with Crippen LogP contribution in [0, 0.1) is 0 Å². The lowest BCUT2D eigenvalue weighted by atomic mass is 10.1. The van der Waals surface area contributed by atoms with E-state index in [-0.39, 0.29) is 17.3 Å². The number of alkyl halides is 2. The molecular formula is C15H11F2N3O2S. The minimum absolute atomic E-state index is 0.00613. The highest BCUT2D eigenvalue weighted by molar-refractivity contribution is 7.93. The number of hydrogen-bond acceptors (Lipinski definition) is 3. The van der Waals surface area contributed by atoms with Gasteiger partial charge in [0.25, 0.3) is 10.0 Å². The van der Waals surface area contributed by atoms with Crippen molar-refractivity contribution in [3.05, 3.63) is 54.6 Å². The van der Waals surface area contributed by atoms with E-state index in [9.17, 15) is 17.2 Å². The van der Waals surface area contributed by atoms with Gasteiger partial charge in [-0.1, -0.05) is 24.3 Å². The molecule has 0 atom stereocenters. The van der Waals surface area contributed by atoms with Crippen LogP contribution in [0.2, 0.25) is 0 Å². The van der Waals surface area contributed by atoms with Gasteiger partial charge in [-0.05, 0) is 17.5 Å². The third kappa shape index (κ3) is 1.94. The molecule has 8 heteroatoms. The first-order chi connectivity index (χ1) is 11.0. The zero-order chi connectivity index (χ0) is 16.2. The second-order valence-corrected chi connectivity index (χ2v) is 7.00. The normalized spacial score (nSPS) is 15.7. The van der Waals surface area contributed by atoms with Gasteiger partial charge in [-0.15, -0.1) is 0 Å². The summed E-state index contributed by atoms with van der Waals surface area (Å²) in [4.78, 5) is 4.07. The summed E-state index contributed by atoms with van der Waals surface area (Å²) in [5, 5.41) is 1.41. The highest BCUT2D eigenvalue weighted by Crippen LogP contribution is 2.42. The quantitative estimate of drug-likeness (QED) is 0.739. The molecule has 0 fully saturated rings. The second kappa shape index (κ2) is 4.76. The largest absolute Gasteiger partial charge is 0.319 e. The Morgan fingerprint density at radius 1 is 1.13 bits per heavy atom. The van der Waals surface area contributed by atoms with Crippen LogP contribution >= 0.6 is 0 Å². The van der Waals surface area contributed by atoms with E-state index in [1.54, 1.807) is 18.2 Å². The molecule has 0 bridgehead atoms. The number of halogens is 2. The number of aromatic nitrogens is 2. The Bertz CT molecular complexity index is 1010. The summed E-state index contributed by atoms with van der Waals surface area (Å²) in [5.41, 5.74) is 0.488. The molecule has 1 aliphatic rings. The van der Waals surface area contributed by atoms with Gasteiger partial charge in [0.2, 0.25) is 0 Å². The first-order valence-electron chi connectivity index (χ1n) is 6.84. The number of hydrogen-bond donors (Lipinski definition) is 0. The van der Waals surface area contributed by atoms with Crippen LogP contribution in [0.15, 0.2) is 53.7 Å². The van der Waals surface area contributed by atoms with Crippen LogP contribution in [0.4, 0.5) is 14.5 Å². The summed E-state index contributed by atoms with van der Waals surface area (Å²) in [7, 11) is -3.78. The van der Waals surface area contributed by atoms with Crippen LogP contribution in [0.25, 0.3) is 10.8 Å². The Labute approximate surface area is 130 Å². The molecule has 0 aliphatic carbocycles. The smallest absolute Gasteiger partial charge is 0.276 e. The average molecular weight is 335 g/mol. The van der Waals surface area contributed by atoms with Gasteiger partial charge in [-0.25, -0.2) is 13.4 Å². The van der Waals surface area contributed by atoms with Crippen molar-refractivity contribution in [3.63, 3.8) is 0 Å². The van der Waals surface area contributed by atoms with Crippen molar-refractivity contribution < 1.29 is 17.2 Å². The lowest BCUT2D eigenvalue weighted by Crippen LogP contribution is -2.28. The van der Waals surface area contributed by atoms with Gasteiger partial charge < -0.3 is 0 Å². The van der Waals surface area contributed by atoms with Crippen molar-refractivity contribution in [3.8, 4) is 0 Å². The molecular weight excluding hydrogens is 324 g/mol. The maximum Gasteiger partial charge on any atom is 0.319 e. The third-order valence-electron chi connectivity index (χ3n) is 3.93. The van der Waals surface area contributed by atoms with Crippen LogP contribution in [0.5, 0.6) is 0 Å². The molecule has 1 aliphatic heterocycles. The molecule has 2 heterocycles. The molecule has 5 nitrogen and oxygen atoms in total. The maximum absolute atomic E-state index is 13.0. The monoisotopic (exact) mass is 335 g/mol. The van der Waals surface area contributed by atoms with Gasteiger partial charge >= 0.3 is 6.55 Å². The fourth-order valence-corrected chi connectivity index (χ4v) is 4.57. The zero-order valence-corrected chi connectivity index (χ0v) is 12.5. The van der Waals surface area contributed by atoms with Gasteiger partial charge in [0, 0.05) is 17.8 Å². The molecule has 23 heavy (non-hydrogen) atoms. The van der Waals surface area contributed by atoms with E-state index in [0.29, 0.717) is 15.6 Å². The van der Waals surface area contributed by atoms with Gasteiger partial charge in [-0.2, -0.15) is 8.78 Å². The van der Waals surface area contributed by atoms with E-state index in [1.807, 2.05) is 12.1 Å². The van der Waals surface area contributed by atoms with E-state index in [0.717, 1.165) is 15.9 Å². The highest BCUT2D eigenvalue weighted by atomic mass is 32.2. The topological polar surface area (TPSA) is 55.2 Å². The molecule has 0 saturated heterocycles. The summed E-state index contributed by atoms with van der Waals surface area (Å²) >= 11 is 0. The van der Waals surface area contributed by atoms with Crippen molar-refractivity contribution in [2.75, 3.05) is 4.31 Å². The maximum atomic E-state index is 13.0. The Kier molecular flexibility index (Phi) is 2.92. The first-order valence-corrected chi connectivity index (χ1v) is 8.28. The average Bonchev–Trinajstić information content (AvgIpc) is 3.07. The summed E-state index contributed by atoms with van der Waals surface area (Å²) in [6.07, 6.45) is 2.37.